The van der Waals surface area contributed by atoms with Crippen LogP contribution in [0.4, 0.5) is 8.78 Å². The van der Waals surface area contributed by atoms with Crippen LogP contribution in [0.5, 0.6) is 5.75 Å². The van der Waals surface area contributed by atoms with E-state index in [9.17, 15) is 18.7 Å². The lowest BCUT2D eigenvalue weighted by Crippen LogP contribution is -2.42. The number of carbonyl (C=O) groups is 1. The highest BCUT2D eigenvalue weighted by Crippen LogP contribution is 2.15. The number of hydrogen-bond acceptors (Lipinski definition) is 4. The molecule has 0 radical (unpaired) electrons. The Hall–Kier alpha value is -1.44. The molecule has 0 spiro atoms. The monoisotopic (exact) mass is 338 g/mol. The molecule has 5 nitrogen and oxygen atoms in total. The summed E-state index contributed by atoms with van der Waals surface area (Å²) in [5.74, 6) is -2.54. The fourth-order valence-corrected chi connectivity index (χ4v) is 1.44. The molecule has 3 atom stereocenters. The van der Waals surface area contributed by atoms with Gasteiger partial charge in [-0.25, -0.2) is 8.78 Å². The van der Waals surface area contributed by atoms with E-state index in [-0.39, 0.29) is 49.2 Å². The molecule has 22 heavy (non-hydrogen) atoms. The Morgan fingerprint density at radius 1 is 1.36 bits per heavy atom. The molecular weight excluding hydrogens is 318 g/mol. The second kappa shape index (κ2) is 9.55. The van der Waals surface area contributed by atoms with E-state index in [1.807, 2.05) is 0 Å². The summed E-state index contributed by atoms with van der Waals surface area (Å²) >= 11 is 0. The maximum Gasteiger partial charge on any atom is 0.224 e. The Morgan fingerprint density at radius 3 is 2.55 bits per heavy atom. The number of halogens is 3. The molecule has 0 aliphatic carbocycles. The lowest BCUT2D eigenvalue weighted by atomic mass is 10.0. The first-order valence-corrected chi connectivity index (χ1v) is 6.60. The summed E-state index contributed by atoms with van der Waals surface area (Å²) in [7, 11) is 0. The first-order valence-electron chi connectivity index (χ1n) is 6.60. The topological polar surface area (TPSA) is 84.6 Å². The van der Waals surface area contributed by atoms with E-state index in [0.717, 1.165) is 12.1 Å². The molecule has 0 heterocycles. The van der Waals surface area contributed by atoms with Gasteiger partial charge in [-0.1, -0.05) is 6.92 Å². The third-order valence-corrected chi connectivity index (χ3v) is 3.05. The van der Waals surface area contributed by atoms with Crippen LogP contribution in [0.1, 0.15) is 13.8 Å². The number of rotatable bonds is 7. The van der Waals surface area contributed by atoms with Crippen LogP contribution in [0.2, 0.25) is 0 Å². The zero-order chi connectivity index (χ0) is 16.0. The van der Waals surface area contributed by atoms with Gasteiger partial charge in [0.15, 0.2) is 11.6 Å². The second-order valence-corrected chi connectivity index (χ2v) is 4.93. The molecule has 1 aromatic carbocycles. The molecule has 126 valence electrons. The number of aliphatic hydroxyl groups excluding tert-OH is 1. The van der Waals surface area contributed by atoms with Crippen LogP contribution in [0.3, 0.4) is 0 Å². The maximum absolute atomic E-state index is 12.9. The maximum atomic E-state index is 12.9. The van der Waals surface area contributed by atoms with Crippen molar-refractivity contribution in [3.05, 3.63) is 29.8 Å². The van der Waals surface area contributed by atoms with Crippen LogP contribution < -0.4 is 15.8 Å². The summed E-state index contributed by atoms with van der Waals surface area (Å²) in [4.78, 5) is 11.6. The number of nitrogens with two attached hydrogens (primary N) is 1. The van der Waals surface area contributed by atoms with Crippen LogP contribution in [-0.4, -0.2) is 36.3 Å². The number of carbonyl (C=O) groups excluding carboxylic acids is 1. The Bertz CT molecular complexity index is 489. The van der Waals surface area contributed by atoms with E-state index in [1.165, 1.54) is 6.07 Å². The molecule has 0 fully saturated rings. The standard InChI is InChI=1S/C14H20F2N2O3.ClH/c1-8(9(2)17)14(20)18-6-10(19)7-21-11-3-4-12(15)13(16)5-11;/h3-5,8-10,19H,6-7,17H2,1-2H3,(H,18,20);1H. The van der Waals surface area contributed by atoms with Crippen molar-refractivity contribution in [1.29, 1.82) is 0 Å². The van der Waals surface area contributed by atoms with Gasteiger partial charge in [0.2, 0.25) is 5.91 Å². The summed E-state index contributed by atoms with van der Waals surface area (Å²) in [5.41, 5.74) is 5.59. The predicted octanol–water partition coefficient (Wildman–Crippen LogP) is 1.23. The predicted molar refractivity (Wildman–Crippen MR) is 80.9 cm³/mol. The highest BCUT2D eigenvalue weighted by Gasteiger charge is 2.17. The van der Waals surface area contributed by atoms with E-state index in [1.54, 1.807) is 13.8 Å². The zero-order valence-corrected chi connectivity index (χ0v) is 13.2. The zero-order valence-electron chi connectivity index (χ0n) is 12.4. The Kier molecular flexibility index (Phi) is 8.93. The van der Waals surface area contributed by atoms with Crippen LogP contribution in [-0.2, 0) is 4.79 Å². The molecule has 0 bridgehead atoms. The van der Waals surface area contributed by atoms with Gasteiger partial charge in [0.25, 0.3) is 0 Å². The Labute approximate surface area is 134 Å². The molecule has 3 unspecified atom stereocenters. The lowest BCUT2D eigenvalue weighted by Gasteiger charge is -2.17. The minimum Gasteiger partial charge on any atom is -0.491 e. The van der Waals surface area contributed by atoms with Crippen molar-refractivity contribution in [3.63, 3.8) is 0 Å². The minimum atomic E-state index is -1.03. The molecule has 0 saturated carbocycles. The molecule has 1 amide bonds. The highest BCUT2D eigenvalue weighted by molar-refractivity contribution is 5.85. The van der Waals surface area contributed by atoms with Crippen molar-refractivity contribution in [1.82, 2.24) is 5.32 Å². The number of nitrogens with one attached hydrogen (secondary N) is 1. The third kappa shape index (κ3) is 6.55. The number of benzene rings is 1. The van der Waals surface area contributed by atoms with E-state index in [2.05, 4.69) is 5.32 Å². The summed E-state index contributed by atoms with van der Waals surface area (Å²) in [6, 6.07) is 2.78. The summed E-state index contributed by atoms with van der Waals surface area (Å²) in [5, 5.41) is 12.2. The van der Waals surface area contributed by atoms with Gasteiger partial charge in [-0.05, 0) is 19.1 Å². The molecule has 0 aromatic heterocycles. The number of amides is 1. The number of ether oxygens (including phenoxy) is 1. The smallest absolute Gasteiger partial charge is 0.224 e. The minimum absolute atomic E-state index is 0. The summed E-state index contributed by atoms with van der Waals surface area (Å²) in [6.45, 7) is 3.23. The van der Waals surface area contributed by atoms with E-state index < -0.39 is 17.7 Å². The van der Waals surface area contributed by atoms with E-state index >= 15 is 0 Å². The van der Waals surface area contributed by atoms with Crippen molar-refractivity contribution in [2.24, 2.45) is 11.7 Å². The van der Waals surface area contributed by atoms with Crippen molar-refractivity contribution in [3.8, 4) is 5.75 Å². The number of hydrogen-bond donors (Lipinski definition) is 3. The molecule has 8 heteroatoms. The Balaban J connectivity index is 0.00000441. The van der Waals surface area contributed by atoms with Gasteiger partial charge in [-0.3, -0.25) is 4.79 Å². The number of aliphatic hydroxyl groups is 1. The Morgan fingerprint density at radius 2 is 2.00 bits per heavy atom. The van der Waals surface area contributed by atoms with Crippen molar-refractivity contribution < 1.29 is 23.4 Å². The van der Waals surface area contributed by atoms with Crippen molar-refractivity contribution in [2.45, 2.75) is 26.0 Å². The van der Waals surface area contributed by atoms with Crippen LogP contribution in [0, 0.1) is 17.6 Å². The fourth-order valence-electron chi connectivity index (χ4n) is 1.44. The van der Waals surface area contributed by atoms with Gasteiger partial charge >= 0.3 is 0 Å². The molecule has 1 rings (SSSR count). The van der Waals surface area contributed by atoms with Gasteiger partial charge in [0.1, 0.15) is 18.5 Å². The SMILES string of the molecule is CC(N)C(C)C(=O)NCC(O)COc1ccc(F)c(F)c1.Cl. The highest BCUT2D eigenvalue weighted by atomic mass is 35.5. The van der Waals surface area contributed by atoms with Gasteiger partial charge in [0, 0.05) is 24.6 Å². The summed E-state index contributed by atoms with van der Waals surface area (Å²) in [6.07, 6.45) is -0.970. The van der Waals surface area contributed by atoms with Gasteiger partial charge < -0.3 is 20.9 Å². The largest absolute Gasteiger partial charge is 0.491 e. The van der Waals surface area contributed by atoms with Crippen LogP contribution in [0.25, 0.3) is 0 Å². The van der Waals surface area contributed by atoms with Crippen molar-refractivity contribution >= 4 is 18.3 Å². The van der Waals surface area contributed by atoms with Gasteiger partial charge in [-0.15, -0.1) is 12.4 Å². The van der Waals surface area contributed by atoms with Crippen LogP contribution >= 0.6 is 12.4 Å². The van der Waals surface area contributed by atoms with E-state index in [4.69, 9.17) is 10.5 Å². The third-order valence-electron chi connectivity index (χ3n) is 3.05. The average molecular weight is 339 g/mol. The molecule has 0 saturated heterocycles. The molecule has 1 aromatic rings. The van der Waals surface area contributed by atoms with Gasteiger partial charge in [-0.2, -0.15) is 0 Å². The van der Waals surface area contributed by atoms with Crippen LogP contribution in [0.15, 0.2) is 18.2 Å². The first-order chi connectivity index (χ1) is 9.81. The van der Waals surface area contributed by atoms with Gasteiger partial charge in [0.05, 0.1) is 0 Å². The first kappa shape index (κ1) is 20.6. The molecule has 0 aliphatic rings. The molecular formula is C14H21ClF2N2O3. The fraction of sp³-hybridized carbons (Fsp3) is 0.500. The quantitative estimate of drug-likeness (QED) is 0.698. The molecule has 4 N–H and O–H groups in total. The summed E-state index contributed by atoms with van der Waals surface area (Å²) < 4.78 is 30.8. The van der Waals surface area contributed by atoms with Crippen molar-refractivity contribution in [2.75, 3.05) is 13.2 Å². The van der Waals surface area contributed by atoms with E-state index in [0.29, 0.717) is 0 Å². The lowest BCUT2D eigenvalue weighted by molar-refractivity contribution is -0.125. The average Bonchev–Trinajstić information content (AvgIpc) is 2.44. The normalized spacial score (nSPS) is 14.5. The second-order valence-electron chi connectivity index (χ2n) is 4.93. The molecule has 0 aliphatic heterocycles.